The number of carbonyl (C=O) groups excluding carboxylic acids is 4. The number of fused-ring (bicyclic) bond motifs is 20. The average Bonchev–Trinajstić information content (AvgIpc) is 1.63. The molecule has 3 aromatic rings. The van der Waals surface area contributed by atoms with Gasteiger partial charge in [0, 0.05) is 71.0 Å². The molecule has 0 saturated heterocycles. The van der Waals surface area contributed by atoms with Crippen LogP contribution in [0.2, 0.25) is 0 Å². The van der Waals surface area contributed by atoms with Crippen molar-refractivity contribution in [3.63, 3.8) is 0 Å². The summed E-state index contributed by atoms with van der Waals surface area (Å²) in [5.41, 5.74) is 3.44. The Labute approximate surface area is 635 Å². The first kappa shape index (κ1) is 73.9. The van der Waals surface area contributed by atoms with E-state index in [4.69, 9.17) is 6.42 Å². The summed E-state index contributed by atoms with van der Waals surface area (Å²) in [5.74, 6) is 32.8. The van der Waals surface area contributed by atoms with Gasteiger partial charge in [-0.05, 0) is 335 Å². The Kier molecular flexibility index (Phi) is 19.7. The lowest BCUT2D eigenvalue weighted by Gasteiger charge is -2.54. The van der Waals surface area contributed by atoms with Crippen LogP contribution in [-0.2, 0) is 19.2 Å². The minimum absolute atomic E-state index is 0.127. The first-order chi connectivity index (χ1) is 51.4. The number of aliphatic hydroxyl groups is 4. The highest BCUT2D eigenvalue weighted by atomic mass is 16.3. The quantitative estimate of drug-likeness (QED) is 0.134. The van der Waals surface area contributed by atoms with Gasteiger partial charge in [0.05, 0.1) is 5.56 Å². The van der Waals surface area contributed by atoms with Crippen LogP contribution in [0.3, 0.4) is 0 Å². The number of carbonyl (C=O) groups is 4. The Hall–Kier alpha value is -7.22. The van der Waals surface area contributed by atoms with Gasteiger partial charge >= 0.3 is 0 Å². The number of phenolic OH excluding ortho intramolecular Hbond substituents is 1. The Morgan fingerprint density at radius 1 is 0.411 bits per heavy atom. The highest BCUT2D eigenvalue weighted by Gasteiger charge is 2.66. The van der Waals surface area contributed by atoms with Crippen LogP contribution in [0.4, 0.5) is 0 Å². The molecule has 12 saturated carbocycles. The molecule has 11 heteroatoms. The first-order valence-electron chi connectivity index (χ1n) is 41.6. The highest BCUT2D eigenvalue weighted by Crippen LogP contribution is 2.69. The molecule has 0 aliphatic heterocycles. The van der Waals surface area contributed by atoms with E-state index in [1.165, 1.54) is 35.1 Å². The largest absolute Gasteiger partial charge is 0.507 e. The molecular weight excluding hydrogens is 1330 g/mol. The van der Waals surface area contributed by atoms with Crippen LogP contribution in [0.15, 0.2) is 132 Å². The van der Waals surface area contributed by atoms with E-state index in [0.29, 0.717) is 130 Å². The van der Waals surface area contributed by atoms with E-state index in [0.717, 1.165) is 178 Å². The van der Waals surface area contributed by atoms with Crippen LogP contribution in [0.25, 0.3) is 0 Å². The lowest BCUT2D eigenvalue weighted by molar-refractivity contribution is -0.117. The average molecular weight is 1440 g/mol. The van der Waals surface area contributed by atoms with Crippen LogP contribution in [0, 0.1) is 164 Å². The number of aromatic nitrogens is 2. The number of hydrogen-bond acceptors (Lipinski definition) is 11. The number of ketones is 4. The number of phenols is 1. The van der Waals surface area contributed by atoms with Gasteiger partial charge in [0.25, 0.3) is 0 Å². The van der Waals surface area contributed by atoms with Crippen molar-refractivity contribution >= 4 is 23.1 Å². The smallest absolute Gasteiger partial charge is 0.178 e. The van der Waals surface area contributed by atoms with Crippen molar-refractivity contribution in [1.82, 2.24) is 9.97 Å². The summed E-state index contributed by atoms with van der Waals surface area (Å²) < 4.78 is 0. The zero-order valence-corrected chi connectivity index (χ0v) is 63.7. The minimum Gasteiger partial charge on any atom is -0.507 e. The Morgan fingerprint density at radius 3 is 1.30 bits per heavy atom. The molecular formula is C96H112N2O9. The van der Waals surface area contributed by atoms with E-state index in [1.807, 2.05) is 60.7 Å². The molecule has 0 radical (unpaired) electrons. The van der Waals surface area contributed by atoms with Gasteiger partial charge in [-0.15, -0.1) is 6.42 Å². The number of allylic oxidation sites excluding steroid dienone is 7. The molecule has 0 unspecified atom stereocenters. The van der Waals surface area contributed by atoms with E-state index >= 15 is 0 Å². The van der Waals surface area contributed by atoms with Crippen LogP contribution < -0.4 is 0 Å². The number of rotatable bonds is 0. The molecule has 19 rings (SSSR count). The molecule has 107 heavy (non-hydrogen) atoms. The number of nitrogens with zero attached hydrogens (tertiary/aromatic N) is 2. The number of aromatic hydroxyl groups is 1. The fourth-order valence-corrected chi connectivity index (χ4v) is 27.2. The first-order valence-corrected chi connectivity index (χ1v) is 41.6. The minimum atomic E-state index is -0.996. The predicted molar refractivity (Wildman–Crippen MR) is 414 cm³/mol. The van der Waals surface area contributed by atoms with Crippen LogP contribution in [-0.4, -0.2) is 81.0 Å². The number of pyridine rings is 2. The second-order valence-electron chi connectivity index (χ2n) is 37.2. The number of hydrogen-bond donors (Lipinski definition) is 5. The van der Waals surface area contributed by atoms with Gasteiger partial charge in [-0.2, -0.15) is 0 Å². The Morgan fingerprint density at radius 2 is 0.841 bits per heavy atom. The van der Waals surface area contributed by atoms with Gasteiger partial charge < -0.3 is 25.5 Å². The molecule has 2 heterocycles. The number of para-hydroxylation sites is 1. The summed E-state index contributed by atoms with van der Waals surface area (Å²) in [6.45, 7) is 9.03. The van der Waals surface area contributed by atoms with Crippen molar-refractivity contribution in [1.29, 1.82) is 0 Å². The molecule has 1 aromatic carbocycles. The number of benzene rings is 1. The van der Waals surface area contributed by atoms with Crippen molar-refractivity contribution in [3.8, 4) is 53.6 Å². The summed E-state index contributed by atoms with van der Waals surface area (Å²) in [5, 5.41) is 55.8. The molecule has 16 aliphatic rings. The zero-order chi connectivity index (χ0) is 74.5. The molecule has 5 N–H and O–H groups in total. The fourth-order valence-electron chi connectivity index (χ4n) is 27.2. The van der Waals surface area contributed by atoms with Gasteiger partial charge in [-0.3, -0.25) is 24.2 Å². The molecule has 12 fully saturated rings. The Balaban J connectivity index is 0.000000110. The second-order valence-corrected chi connectivity index (χ2v) is 37.2. The van der Waals surface area contributed by atoms with Crippen molar-refractivity contribution in [2.75, 3.05) is 0 Å². The molecule has 2 aromatic heterocycles. The van der Waals surface area contributed by atoms with Crippen molar-refractivity contribution in [2.45, 2.75) is 243 Å². The third kappa shape index (κ3) is 12.8. The number of terminal acetylenes is 1. The summed E-state index contributed by atoms with van der Waals surface area (Å²) >= 11 is 0. The SMILES string of the molecule is C#C[C@]1(O)CC[C@@H]2[C@@H]3CCC4=CC(=O)C=C[C@@H]4[C@@H]3CC[C@@]21C.C[C@]12CC[C@@H]3[C@@H](CCC4=CC(=O)CC[C@@H]43)[C@H]1CC[C@]2(O)C#Cc1ccccc1O.C[C@]12CC[C@@H]3[C@@H](CCC4=CC(=O)CC[C@@H]43)[C@H]1CC[C@]2(O)C#Cc1ccccn1.C[C@]12CC[C@@H]3[C@@H](CCC4=CC(=O)CC[C@@H]43)[C@H]1CC[C@]2(O)C#Cc1cccnc1. The third-order valence-electron chi connectivity index (χ3n) is 33.1. The second kappa shape index (κ2) is 28.6. The predicted octanol–water partition coefficient (Wildman–Crippen LogP) is 16.5. The normalized spacial score (nSPS) is 43.1. The van der Waals surface area contributed by atoms with Crippen molar-refractivity contribution < 1.29 is 44.7 Å². The summed E-state index contributed by atoms with van der Waals surface area (Å²) in [6, 6.07) is 16.7. The summed E-state index contributed by atoms with van der Waals surface area (Å²) in [4.78, 5) is 55.6. The van der Waals surface area contributed by atoms with E-state index in [1.54, 1.807) is 42.9 Å². The molecule has 24 atom stereocenters. The molecule has 560 valence electrons. The van der Waals surface area contributed by atoms with Crippen LogP contribution >= 0.6 is 0 Å². The molecule has 16 aliphatic carbocycles. The molecule has 11 nitrogen and oxygen atoms in total. The maximum atomic E-state index is 11.9. The van der Waals surface area contributed by atoms with Gasteiger partial charge in [0.2, 0.25) is 0 Å². The van der Waals surface area contributed by atoms with Crippen LogP contribution in [0.1, 0.15) is 237 Å². The third-order valence-corrected chi connectivity index (χ3v) is 33.1. The summed E-state index contributed by atoms with van der Waals surface area (Å²) in [7, 11) is 0. The maximum Gasteiger partial charge on any atom is 0.178 e. The van der Waals surface area contributed by atoms with Crippen LogP contribution in [0.5, 0.6) is 5.75 Å². The molecule has 0 bridgehead atoms. The van der Waals surface area contributed by atoms with E-state index < -0.39 is 22.4 Å². The van der Waals surface area contributed by atoms with Gasteiger partial charge in [-0.25, -0.2) is 4.98 Å². The lowest BCUT2D eigenvalue weighted by atomic mass is 9.50. The van der Waals surface area contributed by atoms with Gasteiger partial charge in [0.15, 0.2) is 23.1 Å². The van der Waals surface area contributed by atoms with E-state index in [2.05, 4.69) is 85.2 Å². The van der Waals surface area contributed by atoms with Crippen molar-refractivity contribution in [2.24, 2.45) is 116 Å². The topological polar surface area (TPSA) is 195 Å². The lowest BCUT2D eigenvalue weighted by Crippen LogP contribution is -2.52. The fraction of sp³-hybridized carbons (Fsp3) is 0.604. The van der Waals surface area contributed by atoms with Gasteiger partial charge in [-0.1, -0.05) is 110 Å². The zero-order valence-electron chi connectivity index (χ0n) is 63.7. The molecule has 0 spiro atoms. The van der Waals surface area contributed by atoms with E-state index in [9.17, 15) is 44.7 Å². The van der Waals surface area contributed by atoms with E-state index in [-0.39, 0.29) is 33.2 Å². The van der Waals surface area contributed by atoms with Gasteiger partial charge in [0.1, 0.15) is 33.8 Å². The maximum absolute atomic E-state index is 11.9. The highest BCUT2D eigenvalue weighted by molar-refractivity contribution is 6.01. The standard InChI is InChI=1S/C26H30O3.2C25H29NO2.C20H24O2/c1-25-13-11-21-20-9-7-19(27)16-18(20)6-8-22(21)23(25)12-15-26(25,29)14-10-17-4-2-3-5-24(17)28;1-24-11-9-21-20-7-5-19(27)15-18(20)4-6-22(21)23(24)10-13-25(24,28)12-8-17-3-2-14-26-16-17;1-24-12-10-21-20-8-6-19(27)16-17(20)5-7-22(21)23(24)11-14-25(24,28)13-9-18-4-2-3-15-26-18;1-3-20(22)11-9-18-17-6-4-13-12-14(21)5-7-15(13)16(17)8-10-19(18,20)2/h2-5,16,20-23,28-29H,6-9,11-13,15H2,1H3;2-3,14-16,20-23,28H,4-7,9-11,13H2,1H3;2-4,15-16,20-23,28H,5-8,10-12,14H2,1H3;1,5,7,12,15-18,22H,4,6,8-11H2,2H3/t20-,21-,22+,23+,25-,26+;2*20-,21-,22+,23+,24-,25+;15-,16-,17+,18+,19-,20-/m0000/s1. The monoisotopic (exact) mass is 1440 g/mol. The Bertz CT molecular complexity index is 4280. The summed E-state index contributed by atoms with van der Waals surface area (Å²) in [6.07, 6.45) is 52.5. The van der Waals surface area contributed by atoms with Crippen molar-refractivity contribution in [3.05, 3.63) is 149 Å². The molecule has 0 amide bonds.